The Balaban J connectivity index is 1.61. The molecule has 32 heavy (non-hydrogen) atoms. The summed E-state index contributed by atoms with van der Waals surface area (Å²) in [7, 11) is 1.50. The second-order valence-corrected chi connectivity index (χ2v) is 8.93. The minimum absolute atomic E-state index is 0.0260. The summed E-state index contributed by atoms with van der Waals surface area (Å²) in [6.45, 7) is 1.85. The van der Waals surface area contributed by atoms with Crippen LogP contribution in [0.3, 0.4) is 0 Å². The molecule has 0 spiro atoms. The van der Waals surface area contributed by atoms with Crippen LogP contribution in [0, 0.1) is 6.92 Å². The Morgan fingerprint density at radius 2 is 2.00 bits per heavy atom. The van der Waals surface area contributed by atoms with E-state index in [1.165, 1.54) is 7.11 Å². The number of nitrogens with zero attached hydrogens (tertiary/aromatic N) is 1. The Morgan fingerprint density at radius 3 is 2.75 bits per heavy atom. The molecule has 0 unspecified atom stereocenters. The van der Waals surface area contributed by atoms with Crippen molar-refractivity contribution in [1.29, 1.82) is 0 Å². The van der Waals surface area contributed by atoms with Crippen LogP contribution in [0.4, 0.5) is 5.88 Å². The van der Waals surface area contributed by atoms with Gasteiger partial charge in [0.15, 0.2) is 17.3 Å². The van der Waals surface area contributed by atoms with Gasteiger partial charge in [0.25, 0.3) is 0 Å². The van der Waals surface area contributed by atoms with E-state index >= 15 is 0 Å². The molecule has 0 bridgehead atoms. The minimum atomic E-state index is -0.389. The highest BCUT2D eigenvalue weighted by atomic mass is 35.5. The maximum absolute atomic E-state index is 13.5. The van der Waals surface area contributed by atoms with E-state index in [1.807, 2.05) is 19.1 Å². The number of hydrogen-bond donors (Lipinski definition) is 2. The van der Waals surface area contributed by atoms with E-state index in [-0.39, 0.29) is 23.4 Å². The first-order chi connectivity index (χ1) is 15.4. The van der Waals surface area contributed by atoms with E-state index in [4.69, 9.17) is 32.5 Å². The second kappa shape index (κ2) is 7.87. The molecule has 2 heterocycles. The van der Waals surface area contributed by atoms with E-state index < -0.39 is 0 Å². The van der Waals surface area contributed by atoms with Crippen molar-refractivity contribution in [2.45, 2.75) is 31.6 Å². The van der Waals surface area contributed by atoms with Crippen LogP contribution < -0.4 is 10.1 Å². The summed E-state index contributed by atoms with van der Waals surface area (Å²) in [6, 6.07) is 10.5. The summed E-state index contributed by atoms with van der Waals surface area (Å²) in [5.41, 5.74) is 4.69. The SMILES string of the molecule is COc1cc([C@H]2CC(=O)C3=C(C2)Nc2onc(C)c2[C@@H]3c2ccc(Cl)cc2Cl)ccc1O. The number of nitrogens with one attached hydrogen (secondary N) is 1. The number of aryl methyl sites for hydroxylation is 1. The van der Waals surface area contributed by atoms with Crippen molar-refractivity contribution in [3.63, 3.8) is 0 Å². The summed E-state index contributed by atoms with van der Waals surface area (Å²) < 4.78 is 10.8. The summed E-state index contributed by atoms with van der Waals surface area (Å²) in [4.78, 5) is 13.5. The molecule has 8 heteroatoms. The number of anilines is 1. The summed E-state index contributed by atoms with van der Waals surface area (Å²) >= 11 is 12.7. The fourth-order valence-electron chi connectivity index (χ4n) is 4.70. The second-order valence-electron chi connectivity index (χ2n) is 8.09. The molecule has 2 N–H and O–H groups in total. The number of aromatic hydroxyl groups is 1. The average Bonchev–Trinajstić information content (AvgIpc) is 3.13. The van der Waals surface area contributed by atoms with Crippen LogP contribution in [-0.4, -0.2) is 23.2 Å². The Kier molecular flexibility index (Phi) is 5.14. The highest BCUT2D eigenvalue weighted by molar-refractivity contribution is 6.35. The Morgan fingerprint density at radius 1 is 1.19 bits per heavy atom. The molecule has 5 rings (SSSR count). The van der Waals surface area contributed by atoms with E-state index in [2.05, 4.69) is 10.5 Å². The lowest BCUT2D eigenvalue weighted by atomic mass is 9.72. The van der Waals surface area contributed by atoms with E-state index in [0.29, 0.717) is 45.8 Å². The topological polar surface area (TPSA) is 84.6 Å². The lowest BCUT2D eigenvalue weighted by Gasteiger charge is -2.34. The molecule has 3 aromatic rings. The van der Waals surface area contributed by atoms with Gasteiger partial charge in [-0.1, -0.05) is 40.5 Å². The lowest BCUT2D eigenvalue weighted by Crippen LogP contribution is -2.29. The number of ether oxygens (including phenoxy) is 1. The fraction of sp³-hybridized carbons (Fsp3) is 0.250. The number of carbonyl (C=O) groups is 1. The third-order valence-electron chi connectivity index (χ3n) is 6.21. The van der Waals surface area contributed by atoms with E-state index in [9.17, 15) is 9.90 Å². The highest BCUT2D eigenvalue weighted by Gasteiger charge is 2.41. The van der Waals surface area contributed by atoms with E-state index in [1.54, 1.807) is 24.3 Å². The molecule has 2 aliphatic rings. The van der Waals surface area contributed by atoms with Crippen molar-refractivity contribution in [2.75, 3.05) is 12.4 Å². The number of phenolic OH excluding ortho intramolecular Hbond substituents is 1. The third kappa shape index (κ3) is 3.34. The number of halogens is 2. The normalized spacial score (nSPS) is 19.9. The number of Topliss-reactive ketones (excluding diaryl/α,β-unsaturated/α-hetero) is 1. The molecule has 0 saturated heterocycles. The smallest absolute Gasteiger partial charge is 0.233 e. The fourth-order valence-corrected chi connectivity index (χ4v) is 5.22. The van der Waals surface area contributed by atoms with Crippen molar-refractivity contribution in [3.8, 4) is 11.5 Å². The maximum atomic E-state index is 13.5. The van der Waals surface area contributed by atoms with Crippen molar-refractivity contribution >= 4 is 34.9 Å². The van der Waals surface area contributed by atoms with Crippen LogP contribution in [0.2, 0.25) is 10.0 Å². The van der Waals surface area contributed by atoms with Gasteiger partial charge in [0.05, 0.1) is 18.4 Å². The predicted molar refractivity (Wildman–Crippen MR) is 122 cm³/mol. The first kappa shape index (κ1) is 20.9. The van der Waals surface area contributed by atoms with Crippen molar-refractivity contribution in [1.82, 2.24) is 5.16 Å². The van der Waals surface area contributed by atoms with Gasteiger partial charge in [-0.25, -0.2) is 0 Å². The standard InChI is InChI=1S/C24H20Cl2N2O4/c1-11-21-22(15-5-4-14(25)10-16(15)26)23-17(27-24(21)32-28-11)7-13(8-19(23)30)12-3-6-18(29)20(9-12)31-2/h3-6,9-10,13,22,27,29H,7-8H2,1-2H3/t13-,22+/m1/s1. The summed E-state index contributed by atoms with van der Waals surface area (Å²) in [5.74, 6) is 0.529. The van der Waals surface area contributed by atoms with Crippen LogP contribution in [0.15, 0.2) is 52.2 Å². The zero-order valence-corrected chi connectivity index (χ0v) is 18.9. The molecule has 2 atom stereocenters. The van der Waals surface area contributed by atoms with Gasteiger partial charge in [0.1, 0.15) is 0 Å². The van der Waals surface area contributed by atoms with Crippen LogP contribution in [0.1, 0.15) is 47.1 Å². The highest BCUT2D eigenvalue weighted by Crippen LogP contribution is 2.50. The zero-order valence-electron chi connectivity index (χ0n) is 17.4. The first-order valence-corrected chi connectivity index (χ1v) is 10.9. The number of phenols is 1. The number of ketones is 1. The monoisotopic (exact) mass is 470 g/mol. The molecule has 0 fully saturated rings. The zero-order chi connectivity index (χ0) is 22.6. The van der Waals surface area contributed by atoms with Crippen LogP contribution in [0.25, 0.3) is 0 Å². The van der Waals surface area contributed by atoms with E-state index in [0.717, 1.165) is 22.4 Å². The number of aromatic nitrogens is 1. The molecule has 1 aliphatic carbocycles. The number of allylic oxidation sites excluding steroid dienone is 2. The largest absolute Gasteiger partial charge is 0.504 e. The Labute approximate surface area is 194 Å². The Bertz CT molecular complexity index is 1280. The van der Waals surface area contributed by atoms with Crippen LogP contribution >= 0.6 is 23.2 Å². The molecule has 0 saturated carbocycles. The van der Waals surface area contributed by atoms with Gasteiger partial charge in [0, 0.05) is 33.7 Å². The van der Waals surface area contributed by atoms with Crippen molar-refractivity contribution in [3.05, 3.63) is 80.1 Å². The number of carbonyl (C=O) groups excluding carboxylic acids is 1. The van der Waals surface area contributed by atoms with Gasteiger partial charge in [-0.3, -0.25) is 4.79 Å². The molecule has 0 radical (unpaired) electrons. The number of benzene rings is 2. The molecule has 2 aromatic carbocycles. The third-order valence-corrected chi connectivity index (χ3v) is 6.77. The molecular formula is C24H20Cl2N2O4. The molecule has 1 aliphatic heterocycles. The quantitative estimate of drug-likeness (QED) is 0.490. The molecule has 164 valence electrons. The number of hydrogen-bond acceptors (Lipinski definition) is 6. The van der Waals surface area contributed by atoms with Crippen molar-refractivity contribution in [2.24, 2.45) is 0 Å². The number of methoxy groups -OCH3 is 1. The van der Waals surface area contributed by atoms with Crippen LogP contribution in [0.5, 0.6) is 11.5 Å². The Hall–Kier alpha value is -2.96. The predicted octanol–water partition coefficient (Wildman–Crippen LogP) is 5.96. The van der Waals surface area contributed by atoms with Gasteiger partial charge >= 0.3 is 0 Å². The van der Waals surface area contributed by atoms with Gasteiger partial charge in [0.2, 0.25) is 5.88 Å². The first-order valence-electron chi connectivity index (χ1n) is 10.2. The van der Waals surface area contributed by atoms with Crippen LogP contribution in [-0.2, 0) is 4.79 Å². The molecule has 6 nitrogen and oxygen atoms in total. The minimum Gasteiger partial charge on any atom is -0.504 e. The van der Waals surface area contributed by atoms with Gasteiger partial charge in [-0.2, -0.15) is 0 Å². The van der Waals surface area contributed by atoms with Crippen molar-refractivity contribution < 1.29 is 19.2 Å². The summed E-state index contributed by atoms with van der Waals surface area (Å²) in [5, 5.41) is 18.4. The number of fused-ring (bicyclic) bond motifs is 1. The molecular weight excluding hydrogens is 451 g/mol. The van der Waals surface area contributed by atoms with Gasteiger partial charge in [-0.05, 0) is 54.7 Å². The number of rotatable bonds is 3. The summed E-state index contributed by atoms with van der Waals surface area (Å²) in [6.07, 6.45) is 0.922. The van der Waals surface area contributed by atoms with Gasteiger partial charge in [-0.15, -0.1) is 0 Å². The van der Waals surface area contributed by atoms with Gasteiger partial charge < -0.3 is 19.7 Å². The average molecular weight is 471 g/mol. The lowest BCUT2D eigenvalue weighted by molar-refractivity contribution is -0.116. The molecule has 0 amide bonds. The molecule has 1 aromatic heterocycles. The maximum Gasteiger partial charge on any atom is 0.233 e.